The Morgan fingerprint density at radius 3 is 1.65 bits per heavy atom. The standard InChI is InChI=1S/C22H22N4O2S3/c27-19-17-11-5-1-3-7-13(11)30-21(17)25-15(23-19)9-29-10-16-24-20(28)18-12-6-2-4-8-14(12)31-22(18)26-16/h1-10H2,(H,23,25,27)(H,24,26,28). The van der Waals surface area contributed by atoms with Crippen LogP contribution in [0.5, 0.6) is 0 Å². The van der Waals surface area contributed by atoms with Crippen molar-refractivity contribution in [3.63, 3.8) is 0 Å². The van der Waals surface area contributed by atoms with Crippen molar-refractivity contribution in [1.82, 2.24) is 19.9 Å². The third-order valence-corrected chi connectivity index (χ3v) is 9.55. The Labute approximate surface area is 190 Å². The molecular formula is C22H22N4O2S3. The second kappa shape index (κ2) is 7.86. The molecule has 2 aliphatic rings. The summed E-state index contributed by atoms with van der Waals surface area (Å²) in [5.74, 6) is 2.54. The van der Waals surface area contributed by atoms with Crippen molar-refractivity contribution in [1.29, 1.82) is 0 Å². The van der Waals surface area contributed by atoms with Gasteiger partial charge in [0.25, 0.3) is 11.1 Å². The first-order valence-electron chi connectivity index (χ1n) is 10.8. The summed E-state index contributed by atoms with van der Waals surface area (Å²) in [5.41, 5.74) is 2.40. The summed E-state index contributed by atoms with van der Waals surface area (Å²) in [6, 6.07) is 0. The largest absolute Gasteiger partial charge is 0.309 e. The van der Waals surface area contributed by atoms with Crippen LogP contribution in [0.25, 0.3) is 20.4 Å². The van der Waals surface area contributed by atoms with Crippen molar-refractivity contribution >= 4 is 54.9 Å². The van der Waals surface area contributed by atoms with Crippen molar-refractivity contribution in [2.45, 2.75) is 62.9 Å². The van der Waals surface area contributed by atoms with Gasteiger partial charge in [0.1, 0.15) is 21.3 Å². The molecule has 160 valence electrons. The van der Waals surface area contributed by atoms with Crippen LogP contribution < -0.4 is 11.1 Å². The lowest BCUT2D eigenvalue weighted by Gasteiger charge is -2.09. The highest BCUT2D eigenvalue weighted by atomic mass is 32.2. The molecule has 9 heteroatoms. The van der Waals surface area contributed by atoms with E-state index in [4.69, 9.17) is 9.97 Å². The number of nitrogens with zero attached hydrogens (tertiary/aromatic N) is 2. The normalized spacial score (nSPS) is 16.0. The molecule has 2 N–H and O–H groups in total. The molecule has 4 aromatic heterocycles. The number of H-pyrrole nitrogens is 2. The number of thioether (sulfide) groups is 1. The number of aromatic amines is 2. The minimum atomic E-state index is -0.0166. The highest BCUT2D eigenvalue weighted by Gasteiger charge is 2.21. The van der Waals surface area contributed by atoms with Crippen molar-refractivity contribution in [3.05, 3.63) is 53.2 Å². The monoisotopic (exact) mass is 470 g/mol. The average Bonchev–Trinajstić information content (AvgIpc) is 3.32. The maximum Gasteiger partial charge on any atom is 0.259 e. The average molecular weight is 471 g/mol. The number of fused-ring (bicyclic) bond motifs is 6. The minimum absolute atomic E-state index is 0.0166. The molecule has 0 unspecified atom stereocenters. The molecule has 0 atom stereocenters. The molecule has 0 amide bonds. The van der Waals surface area contributed by atoms with Crippen LogP contribution in [0.3, 0.4) is 0 Å². The van der Waals surface area contributed by atoms with Crippen molar-refractivity contribution < 1.29 is 0 Å². The first kappa shape index (κ1) is 19.7. The van der Waals surface area contributed by atoms with Crippen LogP contribution >= 0.6 is 34.4 Å². The zero-order chi connectivity index (χ0) is 20.9. The third-order valence-electron chi connectivity index (χ3n) is 6.23. The zero-order valence-corrected chi connectivity index (χ0v) is 19.5. The van der Waals surface area contributed by atoms with Crippen LogP contribution in [-0.4, -0.2) is 19.9 Å². The van der Waals surface area contributed by atoms with Crippen molar-refractivity contribution in [3.8, 4) is 0 Å². The molecule has 0 bridgehead atoms. The van der Waals surface area contributed by atoms with Crippen LogP contribution in [-0.2, 0) is 37.2 Å². The van der Waals surface area contributed by atoms with Gasteiger partial charge in [-0.15, -0.1) is 34.4 Å². The van der Waals surface area contributed by atoms with E-state index in [0.29, 0.717) is 23.2 Å². The lowest BCUT2D eigenvalue weighted by Crippen LogP contribution is -2.13. The van der Waals surface area contributed by atoms with E-state index in [2.05, 4.69) is 9.97 Å². The fraction of sp³-hybridized carbons (Fsp3) is 0.455. The number of aryl methyl sites for hydroxylation is 4. The fourth-order valence-electron chi connectivity index (χ4n) is 4.80. The van der Waals surface area contributed by atoms with E-state index in [1.165, 1.54) is 33.7 Å². The Balaban J connectivity index is 1.23. The molecule has 0 saturated carbocycles. The van der Waals surface area contributed by atoms with E-state index >= 15 is 0 Å². The van der Waals surface area contributed by atoms with Gasteiger partial charge in [-0.2, -0.15) is 0 Å². The van der Waals surface area contributed by atoms with E-state index in [0.717, 1.165) is 59.0 Å². The van der Waals surface area contributed by atoms with Crippen molar-refractivity contribution in [2.75, 3.05) is 0 Å². The molecule has 4 aromatic rings. The number of rotatable bonds is 4. The van der Waals surface area contributed by atoms with Crippen LogP contribution in [0, 0.1) is 0 Å². The summed E-state index contributed by atoms with van der Waals surface area (Å²) in [7, 11) is 0. The molecular weight excluding hydrogens is 448 g/mol. The first-order chi connectivity index (χ1) is 15.2. The van der Waals surface area contributed by atoms with Gasteiger partial charge in [-0.1, -0.05) is 0 Å². The van der Waals surface area contributed by atoms with Crippen LogP contribution in [0.2, 0.25) is 0 Å². The smallest absolute Gasteiger partial charge is 0.259 e. The van der Waals surface area contributed by atoms with Gasteiger partial charge in [-0.3, -0.25) is 9.59 Å². The maximum atomic E-state index is 12.7. The van der Waals surface area contributed by atoms with E-state index < -0.39 is 0 Å². The number of thiophene rings is 2. The zero-order valence-electron chi connectivity index (χ0n) is 17.0. The van der Waals surface area contributed by atoms with Gasteiger partial charge in [0.15, 0.2) is 0 Å². The minimum Gasteiger partial charge on any atom is -0.309 e. The quantitative estimate of drug-likeness (QED) is 0.459. The summed E-state index contributed by atoms with van der Waals surface area (Å²) in [4.78, 5) is 45.2. The molecule has 6 rings (SSSR count). The fourth-order valence-corrected chi connectivity index (χ4v) is 8.12. The van der Waals surface area contributed by atoms with Gasteiger partial charge in [0, 0.05) is 9.75 Å². The SMILES string of the molecule is O=c1[nH]c(CSCc2nc3sc4c(c3c(=O)[nH]2)CCCC4)nc2sc3c(c12)CCCC3. The molecule has 31 heavy (non-hydrogen) atoms. The van der Waals surface area contributed by atoms with Crippen LogP contribution in [0.15, 0.2) is 9.59 Å². The Hall–Kier alpha value is -1.97. The van der Waals surface area contributed by atoms with Gasteiger partial charge >= 0.3 is 0 Å². The Kier molecular flexibility index (Phi) is 5.00. The third kappa shape index (κ3) is 3.47. The topological polar surface area (TPSA) is 91.5 Å². The van der Waals surface area contributed by atoms with Crippen LogP contribution in [0.4, 0.5) is 0 Å². The number of aromatic nitrogens is 4. The number of hydrogen-bond donors (Lipinski definition) is 2. The number of hydrogen-bond acceptors (Lipinski definition) is 7. The van der Waals surface area contributed by atoms with Gasteiger partial charge in [0.05, 0.1) is 22.3 Å². The summed E-state index contributed by atoms with van der Waals surface area (Å²) >= 11 is 4.96. The second-order valence-corrected chi connectivity index (χ2v) is 11.5. The van der Waals surface area contributed by atoms with Gasteiger partial charge in [-0.25, -0.2) is 9.97 Å². The molecule has 0 saturated heterocycles. The van der Waals surface area contributed by atoms with Gasteiger partial charge in [0.2, 0.25) is 0 Å². The van der Waals surface area contributed by atoms with Crippen LogP contribution in [0.1, 0.15) is 58.2 Å². The highest BCUT2D eigenvalue weighted by Crippen LogP contribution is 2.35. The first-order valence-corrected chi connectivity index (χ1v) is 13.6. The molecule has 0 aliphatic heterocycles. The summed E-state index contributed by atoms with van der Waals surface area (Å²) in [5, 5.41) is 1.60. The molecule has 0 radical (unpaired) electrons. The number of nitrogens with one attached hydrogen (secondary N) is 2. The Morgan fingerprint density at radius 1 is 0.710 bits per heavy atom. The lowest BCUT2D eigenvalue weighted by molar-refractivity contribution is 0.700. The van der Waals surface area contributed by atoms with Gasteiger partial charge in [-0.05, 0) is 62.5 Å². The molecule has 4 heterocycles. The Bertz CT molecular complexity index is 1320. The Morgan fingerprint density at radius 2 is 1.16 bits per heavy atom. The lowest BCUT2D eigenvalue weighted by atomic mass is 9.97. The summed E-state index contributed by atoms with van der Waals surface area (Å²) in [6.07, 6.45) is 8.80. The predicted octanol–water partition coefficient (Wildman–Crippen LogP) is 4.47. The molecule has 0 aromatic carbocycles. The molecule has 6 nitrogen and oxygen atoms in total. The predicted molar refractivity (Wildman–Crippen MR) is 129 cm³/mol. The van der Waals surface area contributed by atoms with E-state index in [9.17, 15) is 9.59 Å². The van der Waals surface area contributed by atoms with E-state index in [-0.39, 0.29) is 11.1 Å². The van der Waals surface area contributed by atoms with Crippen molar-refractivity contribution in [2.24, 2.45) is 0 Å². The van der Waals surface area contributed by atoms with E-state index in [1.807, 2.05) is 0 Å². The van der Waals surface area contributed by atoms with E-state index in [1.54, 1.807) is 34.4 Å². The molecule has 0 spiro atoms. The highest BCUT2D eigenvalue weighted by molar-refractivity contribution is 7.97. The molecule has 2 aliphatic carbocycles. The molecule has 0 fully saturated rings. The van der Waals surface area contributed by atoms with Gasteiger partial charge < -0.3 is 9.97 Å². The maximum absolute atomic E-state index is 12.7. The summed E-state index contributed by atoms with van der Waals surface area (Å²) < 4.78 is 0. The summed E-state index contributed by atoms with van der Waals surface area (Å²) in [6.45, 7) is 0. The second-order valence-electron chi connectivity index (χ2n) is 8.30.